The monoisotopic (exact) mass is 293 g/mol. The fourth-order valence-electron chi connectivity index (χ4n) is 3.14. The summed E-state index contributed by atoms with van der Waals surface area (Å²) >= 11 is 0. The summed E-state index contributed by atoms with van der Waals surface area (Å²) in [7, 11) is 0. The number of ether oxygens (including phenoxy) is 1. The number of carbonyl (C=O) groups excluding carboxylic acids is 1. The molecule has 2 fully saturated rings. The average Bonchev–Trinajstić information content (AvgIpc) is 3.19. The summed E-state index contributed by atoms with van der Waals surface area (Å²) in [4.78, 5) is 13.8. The number of rotatable bonds is 4. The van der Waals surface area contributed by atoms with E-state index in [-0.39, 0.29) is 6.03 Å². The lowest BCUT2D eigenvalue weighted by atomic mass is 10.1. The van der Waals surface area contributed by atoms with Gasteiger partial charge in [0.15, 0.2) is 5.82 Å². The predicted molar refractivity (Wildman–Crippen MR) is 78.0 cm³/mol. The highest BCUT2D eigenvalue weighted by atomic mass is 16.5. The normalized spacial score (nSPS) is 20.9. The van der Waals surface area contributed by atoms with Crippen molar-refractivity contribution in [3.63, 3.8) is 0 Å². The van der Waals surface area contributed by atoms with E-state index >= 15 is 0 Å². The number of nitrogens with zero attached hydrogens (tertiary/aromatic N) is 2. The first-order valence-corrected chi connectivity index (χ1v) is 7.89. The summed E-state index contributed by atoms with van der Waals surface area (Å²) in [6.45, 7) is 2.37. The minimum absolute atomic E-state index is 0.113. The molecule has 0 atom stereocenters. The molecule has 1 saturated carbocycles. The van der Waals surface area contributed by atoms with Crippen molar-refractivity contribution in [2.24, 2.45) is 5.92 Å². The maximum Gasteiger partial charge on any atom is 0.323 e. The van der Waals surface area contributed by atoms with E-state index in [0.717, 1.165) is 38.5 Å². The highest BCUT2D eigenvalue weighted by molar-refractivity contribution is 5.88. The second-order valence-corrected chi connectivity index (χ2v) is 5.99. The summed E-state index contributed by atoms with van der Waals surface area (Å²) in [6.07, 6.45) is 8.93. The highest BCUT2D eigenvalue weighted by Crippen LogP contribution is 2.26. The van der Waals surface area contributed by atoms with Gasteiger partial charge in [-0.2, -0.15) is 0 Å². The Morgan fingerprint density at radius 3 is 2.76 bits per heavy atom. The summed E-state index contributed by atoms with van der Waals surface area (Å²) in [5.74, 6) is 1.22. The molecule has 0 spiro atoms. The zero-order valence-electron chi connectivity index (χ0n) is 12.3. The molecule has 1 aromatic rings. The van der Waals surface area contributed by atoms with E-state index in [1.54, 1.807) is 6.07 Å². The van der Waals surface area contributed by atoms with Crippen molar-refractivity contribution in [1.82, 2.24) is 10.1 Å². The fraction of sp³-hybridized carbons (Fsp3) is 0.733. The molecule has 1 aliphatic heterocycles. The zero-order valence-corrected chi connectivity index (χ0v) is 12.3. The van der Waals surface area contributed by atoms with Gasteiger partial charge in [0, 0.05) is 25.8 Å². The summed E-state index contributed by atoms with van der Waals surface area (Å²) in [6, 6.07) is 1.52. The summed E-state index contributed by atoms with van der Waals surface area (Å²) < 4.78 is 10.7. The van der Waals surface area contributed by atoms with Gasteiger partial charge in [0.1, 0.15) is 6.26 Å². The zero-order chi connectivity index (χ0) is 14.5. The van der Waals surface area contributed by atoms with Crippen LogP contribution in [-0.4, -0.2) is 41.9 Å². The standard InChI is InChI=1S/C15H23N3O3/c19-15(16-14-7-10-21-17-14)18-8-5-13(6-9-18)20-11-12-3-1-2-4-12/h7,10,12-13H,1-6,8-9,11H2,(H,16,17,19). The molecule has 21 heavy (non-hydrogen) atoms. The van der Waals surface area contributed by atoms with Gasteiger partial charge in [0.25, 0.3) is 0 Å². The Labute approximate surface area is 124 Å². The number of piperidine rings is 1. The van der Waals surface area contributed by atoms with Crippen LogP contribution in [0.3, 0.4) is 0 Å². The molecular formula is C15H23N3O3. The fourth-order valence-corrected chi connectivity index (χ4v) is 3.14. The summed E-state index contributed by atoms with van der Waals surface area (Å²) in [5.41, 5.74) is 0. The molecule has 1 saturated heterocycles. The van der Waals surface area contributed by atoms with Crippen molar-refractivity contribution in [3.05, 3.63) is 12.3 Å². The van der Waals surface area contributed by atoms with Gasteiger partial charge in [-0.3, -0.25) is 5.32 Å². The number of urea groups is 1. The number of hydrogen-bond acceptors (Lipinski definition) is 4. The van der Waals surface area contributed by atoms with Gasteiger partial charge >= 0.3 is 6.03 Å². The van der Waals surface area contributed by atoms with Crippen LogP contribution in [0, 0.1) is 5.92 Å². The Morgan fingerprint density at radius 2 is 2.10 bits per heavy atom. The quantitative estimate of drug-likeness (QED) is 0.927. The minimum atomic E-state index is -0.113. The van der Waals surface area contributed by atoms with Crippen LogP contribution in [0.15, 0.2) is 16.9 Å². The lowest BCUT2D eigenvalue weighted by Crippen LogP contribution is -2.43. The molecule has 6 heteroatoms. The topological polar surface area (TPSA) is 67.6 Å². The minimum Gasteiger partial charge on any atom is -0.378 e. The third-order valence-corrected chi connectivity index (χ3v) is 4.44. The lowest BCUT2D eigenvalue weighted by Gasteiger charge is -2.32. The van der Waals surface area contributed by atoms with Crippen molar-refractivity contribution < 1.29 is 14.1 Å². The van der Waals surface area contributed by atoms with Gasteiger partial charge in [-0.15, -0.1) is 0 Å². The van der Waals surface area contributed by atoms with Gasteiger partial charge in [-0.05, 0) is 31.6 Å². The van der Waals surface area contributed by atoms with Crippen LogP contribution >= 0.6 is 0 Å². The van der Waals surface area contributed by atoms with Crippen LogP contribution in [0.5, 0.6) is 0 Å². The number of carbonyl (C=O) groups is 1. The van der Waals surface area contributed by atoms with E-state index in [0.29, 0.717) is 11.9 Å². The van der Waals surface area contributed by atoms with E-state index in [2.05, 4.69) is 10.5 Å². The first kappa shape index (κ1) is 14.4. The first-order valence-electron chi connectivity index (χ1n) is 7.89. The molecule has 2 aliphatic rings. The van der Waals surface area contributed by atoms with Gasteiger partial charge in [0.2, 0.25) is 0 Å². The van der Waals surface area contributed by atoms with Crippen molar-refractivity contribution in [2.45, 2.75) is 44.6 Å². The lowest BCUT2D eigenvalue weighted by molar-refractivity contribution is -0.00116. The van der Waals surface area contributed by atoms with Crippen molar-refractivity contribution in [2.75, 3.05) is 25.0 Å². The van der Waals surface area contributed by atoms with E-state index < -0.39 is 0 Å². The third kappa shape index (κ3) is 3.97. The van der Waals surface area contributed by atoms with Crippen LogP contribution in [0.2, 0.25) is 0 Å². The largest absolute Gasteiger partial charge is 0.378 e. The SMILES string of the molecule is O=C(Nc1ccon1)N1CCC(OCC2CCCC2)CC1. The van der Waals surface area contributed by atoms with Crippen LogP contribution in [0.1, 0.15) is 38.5 Å². The van der Waals surface area contributed by atoms with Gasteiger partial charge < -0.3 is 14.2 Å². The Morgan fingerprint density at radius 1 is 1.33 bits per heavy atom. The predicted octanol–water partition coefficient (Wildman–Crippen LogP) is 2.88. The van der Waals surface area contributed by atoms with Crippen molar-refractivity contribution in [1.29, 1.82) is 0 Å². The molecule has 1 N–H and O–H groups in total. The van der Waals surface area contributed by atoms with Gasteiger partial charge in [-0.25, -0.2) is 4.79 Å². The highest BCUT2D eigenvalue weighted by Gasteiger charge is 2.25. The molecule has 3 rings (SSSR count). The van der Waals surface area contributed by atoms with E-state index in [1.807, 2.05) is 4.90 Å². The number of hydrogen-bond donors (Lipinski definition) is 1. The Bertz CT molecular complexity index is 435. The molecule has 1 aliphatic carbocycles. The molecule has 0 unspecified atom stereocenters. The maximum absolute atomic E-state index is 12.0. The van der Waals surface area contributed by atoms with Crippen LogP contribution < -0.4 is 5.32 Å². The first-order chi connectivity index (χ1) is 10.3. The van der Waals surface area contributed by atoms with Crippen molar-refractivity contribution >= 4 is 11.8 Å². The summed E-state index contributed by atoms with van der Waals surface area (Å²) in [5, 5.41) is 6.41. The Balaban J connectivity index is 1.37. The van der Waals surface area contributed by atoms with E-state index in [1.165, 1.54) is 31.9 Å². The number of amides is 2. The molecular weight excluding hydrogens is 270 g/mol. The number of anilines is 1. The number of aromatic nitrogens is 1. The van der Waals surface area contributed by atoms with Crippen LogP contribution in [0.25, 0.3) is 0 Å². The van der Waals surface area contributed by atoms with Crippen LogP contribution in [0.4, 0.5) is 10.6 Å². The second-order valence-electron chi connectivity index (χ2n) is 5.99. The smallest absolute Gasteiger partial charge is 0.323 e. The Kier molecular flexibility index (Phi) is 4.75. The van der Waals surface area contributed by atoms with Crippen molar-refractivity contribution in [3.8, 4) is 0 Å². The molecule has 0 radical (unpaired) electrons. The molecule has 0 aromatic carbocycles. The van der Waals surface area contributed by atoms with E-state index in [4.69, 9.17) is 9.26 Å². The third-order valence-electron chi connectivity index (χ3n) is 4.44. The molecule has 2 heterocycles. The number of likely N-dealkylation sites (tertiary alicyclic amines) is 1. The molecule has 6 nitrogen and oxygen atoms in total. The Hall–Kier alpha value is -1.56. The second kappa shape index (κ2) is 6.93. The molecule has 1 aromatic heterocycles. The van der Waals surface area contributed by atoms with E-state index in [9.17, 15) is 4.79 Å². The van der Waals surface area contributed by atoms with Gasteiger partial charge in [-0.1, -0.05) is 18.0 Å². The molecule has 2 amide bonds. The maximum atomic E-state index is 12.0. The average molecular weight is 293 g/mol. The van der Waals surface area contributed by atoms with Crippen LogP contribution in [-0.2, 0) is 4.74 Å². The van der Waals surface area contributed by atoms with Gasteiger partial charge in [0.05, 0.1) is 6.10 Å². The molecule has 116 valence electrons. The number of nitrogens with one attached hydrogen (secondary N) is 1. The molecule has 0 bridgehead atoms.